The monoisotopic (exact) mass is 313 g/mol. The summed E-state index contributed by atoms with van der Waals surface area (Å²) in [4.78, 5) is 39.2. The third-order valence-electron chi connectivity index (χ3n) is 3.69. The van der Waals surface area contributed by atoms with Gasteiger partial charge in [0.2, 0.25) is 0 Å². The van der Waals surface area contributed by atoms with Crippen molar-refractivity contribution in [3.8, 4) is 0 Å². The fourth-order valence-electron chi connectivity index (χ4n) is 2.63. The van der Waals surface area contributed by atoms with E-state index in [1.165, 1.54) is 12.0 Å². The van der Waals surface area contributed by atoms with Gasteiger partial charge >= 0.3 is 12.1 Å². The number of carbonyl (C=O) groups is 3. The first-order valence-corrected chi connectivity index (χ1v) is 7.29. The maximum absolute atomic E-state index is 12.5. The molecule has 0 aromatic heterocycles. The van der Waals surface area contributed by atoms with Crippen LogP contribution in [0, 0.1) is 0 Å². The first-order valence-electron chi connectivity index (χ1n) is 7.29. The molecule has 0 aromatic carbocycles. The van der Waals surface area contributed by atoms with Crippen LogP contribution in [0.3, 0.4) is 0 Å². The smallest absolute Gasteiger partial charge is 0.410 e. The Hall–Kier alpha value is -1.83. The molecule has 8 nitrogen and oxygen atoms in total. The molecule has 22 heavy (non-hydrogen) atoms. The highest BCUT2D eigenvalue weighted by Crippen LogP contribution is 2.29. The molecule has 1 atom stereocenters. The number of rotatable bonds is 3. The summed E-state index contributed by atoms with van der Waals surface area (Å²) >= 11 is 0. The minimum Gasteiger partial charge on any atom is -0.444 e. The van der Waals surface area contributed by atoms with E-state index in [4.69, 9.17) is 9.47 Å². The molecular formula is C14H23N3O5. The normalized spacial score (nSPS) is 25.1. The first-order chi connectivity index (χ1) is 10.2. The molecular weight excluding hydrogens is 290 g/mol. The van der Waals surface area contributed by atoms with E-state index < -0.39 is 23.3 Å². The number of methoxy groups -OCH3 is 1. The van der Waals surface area contributed by atoms with Gasteiger partial charge in [0.15, 0.2) is 0 Å². The van der Waals surface area contributed by atoms with Crippen molar-refractivity contribution < 1.29 is 23.9 Å². The van der Waals surface area contributed by atoms with Gasteiger partial charge in [-0.3, -0.25) is 9.69 Å². The van der Waals surface area contributed by atoms with E-state index in [0.717, 1.165) is 4.90 Å². The predicted octanol–water partition coefficient (Wildman–Crippen LogP) is 0.564. The van der Waals surface area contributed by atoms with E-state index in [-0.39, 0.29) is 25.6 Å². The molecule has 4 amide bonds. The van der Waals surface area contributed by atoms with Gasteiger partial charge in [-0.15, -0.1) is 0 Å². The topological polar surface area (TPSA) is 88.2 Å². The highest BCUT2D eigenvalue weighted by atomic mass is 16.6. The second-order valence-corrected chi connectivity index (χ2v) is 6.61. The number of ether oxygens (including phenoxy) is 2. The fourth-order valence-corrected chi connectivity index (χ4v) is 2.63. The highest BCUT2D eigenvalue weighted by Gasteiger charge is 2.55. The average molecular weight is 313 g/mol. The van der Waals surface area contributed by atoms with Crippen molar-refractivity contribution in [1.29, 1.82) is 0 Å². The molecule has 2 saturated heterocycles. The summed E-state index contributed by atoms with van der Waals surface area (Å²) < 4.78 is 10.2. The van der Waals surface area contributed by atoms with Gasteiger partial charge in [0.25, 0.3) is 5.91 Å². The van der Waals surface area contributed by atoms with E-state index in [0.29, 0.717) is 13.0 Å². The second kappa shape index (κ2) is 5.75. The van der Waals surface area contributed by atoms with Gasteiger partial charge in [-0.25, -0.2) is 9.59 Å². The number of amides is 4. The van der Waals surface area contributed by atoms with E-state index in [2.05, 4.69) is 5.32 Å². The fraction of sp³-hybridized carbons (Fsp3) is 0.786. The summed E-state index contributed by atoms with van der Waals surface area (Å²) in [6.45, 7) is 6.35. The van der Waals surface area contributed by atoms with Gasteiger partial charge in [0.1, 0.15) is 11.1 Å². The van der Waals surface area contributed by atoms with Crippen LogP contribution in [0.1, 0.15) is 27.2 Å². The number of nitrogens with zero attached hydrogens (tertiary/aromatic N) is 2. The average Bonchev–Trinajstić information content (AvgIpc) is 2.91. The Morgan fingerprint density at radius 1 is 1.36 bits per heavy atom. The Balaban J connectivity index is 2.04. The molecule has 2 rings (SSSR count). The first kappa shape index (κ1) is 16.5. The Bertz CT molecular complexity index is 487. The van der Waals surface area contributed by atoms with Crippen LogP contribution in [0.25, 0.3) is 0 Å². The Morgan fingerprint density at radius 2 is 2.05 bits per heavy atom. The third kappa shape index (κ3) is 3.16. The predicted molar refractivity (Wildman–Crippen MR) is 77.3 cm³/mol. The van der Waals surface area contributed by atoms with Crippen LogP contribution in [0.15, 0.2) is 0 Å². The standard InChI is InChI=1S/C14H23N3O5/c1-13(2,3)22-12(20)16-6-5-14(9-16)10(18)17(7-8-21-4)11(19)15-14/h5-9H2,1-4H3,(H,15,19). The lowest BCUT2D eigenvalue weighted by atomic mass is 9.99. The second-order valence-electron chi connectivity index (χ2n) is 6.61. The molecule has 124 valence electrons. The largest absolute Gasteiger partial charge is 0.444 e. The zero-order valence-electron chi connectivity index (χ0n) is 13.5. The van der Waals surface area contributed by atoms with Crippen molar-refractivity contribution in [1.82, 2.24) is 15.1 Å². The van der Waals surface area contributed by atoms with Gasteiger partial charge in [-0.1, -0.05) is 0 Å². The zero-order chi connectivity index (χ0) is 16.5. The van der Waals surface area contributed by atoms with Crippen LogP contribution in [0.2, 0.25) is 0 Å². The molecule has 0 aromatic rings. The van der Waals surface area contributed by atoms with Crippen molar-refractivity contribution in [2.75, 3.05) is 33.4 Å². The summed E-state index contributed by atoms with van der Waals surface area (Å²) in [7, 11) is 1.51. The molecule has 8 heteroatoms. The van der Waals surface area contributed by atoms with Crippen LogP contribution in [0.4, 0.5) is 9.59 Å². The lowest BCUT2D eigenvalue weighted by Crippen LogP contribution is -2.50. The quantitative estimate of drug-likeness (QED) is 0.769. The van der Waals surface area contributed by atoms with Crippen molar-refractivity contribution >= 4 is 18.0 Å². The highest BCUT2D eigenvalue weighted by molar-refractivity contribution is 6.07. The number of urea groups is 1. The van der Waals surface area contributed by atoms with Crippen LogP contribution >= 0.6 is 0 Å². The third-order valence-corrected chi connectivity index (χ3v) is 3.69. The number of imide groups is 1. The van der Waals surface area contributed by atoms with Gasteiger partial charge in [-0.05, 0) is 27.2 Å². The lowest BCUT2D eigenvalue weighted by Gasteiger charge is -2.25. The van der Waals surface area contributed by atoms with Crippen molar-refractivity contribution in [2.24, 2.45) is 0 Å². The Morgan fingerprint density at radius 3 is 2.64 bits per heavy atom. The maximum atomic E-state index is 12.5. The van der Waals surface area contributed by atoms with E-state index >= 15 is 0 Å². The van der Waals surface area contributed by atoms with Crippen LogP contribution in [-0.4, -0.2) is 72.3 Å². The van der Waals surface area contributed by atoms with Gasteiger partial charge < -0.3 is 19.7 Å². The molecule has 0 radical (unpaired) electrons. The molecule has 2 fully saturated rings. The van der Waals surface area contributed by atoms with Crippen LogP contribution < -0.4 is 5.32 Å². The van der Waals surface area contributed by atoms with Gasteiger partial charge in [0, 0.05) is 13.7 Å². The summed E-state index contributed by atoms with van der Waals surface area (Å²) in [5.74, 6) is -0.305. The van der Waals surface area contributed by atoms with E-state index in [9.17, 15) is 14.4 Å². The molecule has 0 bridgehead atoms. The van der Waals surface area contributed by atoms with Crippen LogP contribution in [-0.2, 0) is 14.3 Å². The molecule has 1 spiro atoms. The summed E-state index contributed by atoms with van der Waals surface area (Å²) in [5.41, 5.74) is -1.62. The minimum absolute atomic E-state index is 0.135. The van der Waals surface area contributed by atoms with Crippen LogP contribution in [0.5, 0.6) is 0 Å². The minimum atomic E-state index is -1.03. The number of hydrogen-bond donors (Lipinski definition) is 1. The Labute approximate surface area is 129 Å². The Kier molecular flexibility index (Phi) is 4.32. The summed E-state index contributed by atoms with van der Waals surface area (Å²) in [6, 6.07) is -0.437. The zero-order valence-corrected chi connectivity index (χ0v) is 13.5. The van der Waals surface area contributed by atoms with E-state index in [1.54, 1.807) is 20.8 Å². The molecule has 2 aliphatic rings. The molecule has 2 aliphatic heterocycles. The summed E-state index contributed by atoms with van der Waals surface area (Å²) in [6.07, 6.45) is -0.0814. The molecule has 0 aliphatic carbocycles. The molecule has 1 unspecified atom stereocenters. The number of likely N-dealkylation sites (tertiary alicyclic amines) is 1. The van der Waals surface area contributed by atoms with Gasteiger partial charge in [0.05, 0.1) is 19.7 Å². The number of carbonyl (C=O) groups excluding carboxylic acids is 3. The molecule has 2 heterocycles. The molecule has 1 N–H and O–H groups in total. The van der Waals surface area contributed by atoms with E-state index in [1.807, 2.05) is 0 Å². The van der Waals surface area contributed by atoms with Crippen molar-refractivity contribution in [3.05, 3.63) is 0 Å². The SMILES string of the molecule is COCCN1C(=O)NC2(CCN(C(=O)OC(C)(C)C)C2)C1=O. The van der Waals surface area contributed by atoms with Gasteiger partial charge in [-0.2, -0.15) is 0 Å². The maximum Gasteiger partial charge on any atom is 0.410 e. The number of hydrogen-bond acceptors (Lipinski definition) is 5. The summed E-state index contributed by atoms with van der Waals surface area (Å²) in [5, 5.41) is 2.72. The number of nitrogens with one attached hydrogen (secondary N) is 1. The van der Waals surface area contributed by atoms with Crippen molar-refractivity contribution in [3.63, 3.8) is 0 Å². The van der Waals surface area contributed by atoms with Crippen molar-refractivity contribution in [2.45, 2.75) is 38.3 Å². The molecule has 0 saturated carbocycles. The lowest BCUT2D eigenvalue weighted by molar-refractivity contribution is -0.131.